The second-order valence-corrected chi connectivity index (χ2v) is 5.26. The van der Waals surface area contributed by atoms with E-state index in [0.29, 0.717) is 5.56 Å². The van der Waals surface area contributed by atoms with Crippen molar-refractivity contribution in [2.75, 3.05) is 0 Å². The predicted molar refractivity (Wildman–Crippen MR) is 80.0 cm³/mol. The number of nitrogens with zero attached hydrogens (tertiary/aromatic N) is 3. The predicted octanol–water partition coefficient (Wildman–Crippen LogP) is 2.50. The average molecular weight is 284 g/mol. The van der Waals surface area contributed by atoms with Crippen molar-refractivity contribution in [1.82, 2.24) is 19.7 Å². The summed E-state index contributed by atoms with van der Waals surface area (Å²) in [5.41, 5.74) is 2.32. The molecule has 5 nitrogen and oxygen atoms in total. The first-order valence-electron chi connectivity index (χ1n) is 6.03. The normalized spacial score (nSPS) is 11.2. The summed E-state index contributed by atoms with van der Waals surface area (Å²) in [5.74, 6) is 0. The zero-order valence-electron chi connectivity index (χ0n) is 10.8. The van der Waals surface area contributed by atoms with E-state index in [9.17, 15) is 4.79 Å². The Morgan fingerprint density at radius 2 is 2.25 bits per heavy atom. The second-order valence-electron chi connectivity index (χ2n) is 4.32. The monoisotopic (exact) mass is 284 g/mol. The summed E-state index contributed by atoms with van der Waals surface area (Å²) in [6.45, 7) is 1.76. The molecule has 0 aliphatic rings. The number of aromatic amines is 1. The summed E-state index contributed by atoms with van der Waals surface area (Å²) in [5, 5.41) is 8.50. The molecule has 0 spiro atoms. The quantitative estimate of drug-likeness (QED) is 0.803. The van der Waals surface area contributed by atoms with E-state index in [0.717, 1.165) is 16.3 Å². The maximum Gasteiger partial charge on any atom is 0.267 e. The SMILES string of the molecule is Cc1cc(C=Cc2cc(-n3ccnc3)cs2)n[nH]c1=O. The Morgan fingerprint density at radius 1 is 1.35 bits per heavy atom. The number of thiophene rings is 1. The van der Waals surface area contributed by atoms with Gasteiger partial charge < -0.3 is 4.57 Å². The minimum Gasteiger partial charge on any atom is -0.305 e. The van der Waals surface area contributed by atoms with Crippen LogP contribution in [0.1, 0.15) is 16.1 Å². The van der Waals surface area contributed by atoms with Crippen LogP contribution in [-0.2, 0) is 0 Å². The lowest BCUT2D eigenvalue weighted by Gasteiger charge is -1.94. The fraction of sp³-hybridized carbons (Fsp3) is 0.0714. The molecule has 0 radical (unpaired) electrons. The van der Waals surface area contributed by atoms with Gasteiger partial charge in [-0.15, -0.1) is 11.3 Å². The van der Waals surface area contributed by atoms with Crippen molar-refractivity contribution < 1.29 is 0 Å². The minimum atomic E-state index is -0.152. The second kappa shape index (κ2) is 5.26. The number of aromatic nitrogens is 4. The summed E-state index contributed by atoms with van der Waals surface area (Å²) in [4.78, 5) is 16.4. The highest BCUT2D eigenvalue weighted by Gasteiger charge is 2.00. The molecule has 0 atom stereocenters. The van der Waals surface area contributed by atoms with E-state index in [-0.39, 0.29) is 5.56 Å². The highest BCUT2D eigenvalue weighted by atomic mass is 32.1. The third-order valence-corrected chi connectivity index (χ3v) is 3.72. The summed E-state index contributed by atoms with van der Waals surface area (Å²) in [6, 6.07) is 3.83. The molecule has 20 heavy (non-hydrogen) atoms. The lowest BCUT2D eigenvalue weighted by molar-refractivity contribution is 0.958. The number of nitrogens with one attached hydrogen (secondary N) is 1. The standard InChI is InChI=1S/C14H12N4OS/c1-10-6-11(16-17-14(10)19)2-3-13-7-12(8-20-13)18-5-4-15-9-18/h2-9H,1H3,(H,17,19). The van der Waals surface area contributed by atoms with E-state index < -0.39 is 0 Å². The summed E-state index contributed by atoms with van der Waals surface area (Å²) in [6.07, 6.45) is 9.28. The van der Waals surface area contributed by atoms with Crippen molar-refractivity contribution in [3.8, 4) is 5.69 Å². The molecular formula is C14H12N4OS. The van der Waals surface area contributed by atoms with E-state index >= 15 is 0 Å². The summed E-state index contributed by atoms with van der Waals surface area (Å²) < 4.78 is 1.95. The summed E-state index contributed by atoms with van der Waals surface area (Å²) in [7, 11) is 0. The molecule has 0 saturated carbocycles. The molecule has 3 aromatic rings. The van der Waals surface area contributed by atoms with Gasteiger partial charge in [0.2, 0.25) is 0 Å². The van der Waals surface area contributed by atoms with E-state index in [4.69, 9.17) is 0 Å². The van der Waals surface area contributed by atoms with Gasteiger partial charge in [-0.3, -0.25) is 4.79 Å². The molecule has 0 unspecified atom stereocenters. The van der Waals surface area contributed by atoms with Gasteiger partial charge in [-0.25, -0.2) is 10.1 Å². The largest absolute Gasteiger partial charge is 0.305 e. The van der Waals surface area contributed by atoms with Crippen LogP contribution in [0.2, 0.25) is 0 Å². The Bertz CT molecular complexity index is 799. The van der Waals surface area contributed by atoms with Crippen molar-refractivity contribution in [3.63, 3.8) is 0 Å². The average Bonchev–Trinajstić information content (AvgIpc) is 3.09. The molecular weight excluding hydrogens is 272 g/mol. The first-order chi connectivity index (χ1) is 9.72. The van der Waals surface area contributed by atoms with Gasteiger partial charge in [-0.1, -0.05) is 0 Å². The number of imidazole rings is 1. The molecule has 3 heterocycles. The number of H-pyrrole nitrogens is 1. The number of rotatable bonds is 3. The highest BCUT2D eigenvalue weighted by Crippen LogP contribution is 2.20. The van der Waals surface area contributed by atoms with Gasteiger partial charge >= 0.3 is 0 Å². The van der Waals surface area contributed by atoms with Crippen LogP contribution >= 0.6 is 11.3 Å². The minimum absolute atomic E-state index is 0.152. The topological polar surface area (TPSA) is 63.6 Å². The third-order valence-electron chi connectivity index (χ3n) is 2.84. The Morgan fingerprint density at radius 3 is 3.00 bits per heavy atom. The molecule has 6 heteroatoms. The van der Waals surface area contributed by atoms with Crippen LogP contribution in [-0.4, -0.2) is 19.7 Å². The van der Waals surface area contributed by atoms with Gasteiger partial charge in [-0.05, 0) is 31.2 Å². The number of hydrogen-bond donors (Lipinski definition) is 1. The molecule has 3 rings (SSSR count). The van der Waals surface area contributed by atoms with E-state index in [1.54, 1.807) is 36.9 Å². The molecule has 100 valence electrons. The molecule has 0 amide bonds. The molecule has 0 fully saturated rings. The molecule has 0 aliphatic heterocycles. The van der Waals surface area contributed by atoms with Gasteiger partial charge in [-0.2, -0.15) is 5.10 Å². The molecule has 0 saturated heterocycles. The first kappa shape index (κ1) is 12.6. The van der Waals surface area contributed by atoms with Crippen molar-refractivity contribution in [2.24, 2.45) is 0 Å². The highest BCUT2D eigenvalue weighted by molar-refractivity contribution is 7.11. The molecule has 0 bridgehead atoms. The van der Waals surface area contributed by atoms with Crippen LogP contribution in [0.4, 0.5) is 0 Å². The maximum absolute atomic E-state index is 11.2. The molecule has 0 aromatic carbocycles. The van der Waals surface area contributed by atoms with Gasteiger partial charge in [0.25, 0.3) is 5.56 Å². The lowest BCUT2D eigenvalue weighted by atomic mass is 10.2. The Hall–Kier alpha value is -2.47. The zero-order chi connectivity index (χ0) is 13.9. The zero-order valence-corrected chi connectivity index (χ0v) is 11.6. The van der Waals surface area contributed by atoms with Gasteiger partial charge in [0, 0.05) is 28.2 Å². The van der Waals surface area contributed by atoms with Crippen LogP contribution in [0.3, 0.4) is 0 Å². The Labute approximate surface area is 119 Å². The Balaban J connectivity index is 1.82. The molecule has 0 aliphatic carbocycles. The molecule has 3 aromatic heterocycles. The van der Waals surface area contributed by atoms with Crippen molar-refractivity contribution in [2.45, 2.75) is 6.92 Å². The summed E-state index contributed by atoms with van der Waals surface area (Å²) >= 11 is 1.64. The van der Waals surface area contributed by atoms with Crippen LogP contribution in [0.25, 0.3) is 17.8 Å². The van der Waals surface area contributed by atoms with E-state index in [2.05, 4.69) is 26.6 Å². The van der Waals surface area contributed by atoms with E-state index in [1.807, 2.05) is 22.9 Å². The first-order valence-corrected chi connectivity index (χ1v) is 6.91. The van der Waals surface area contributed by atoms with Gasteiger partial charge in [0.15, 0.2) is 0 Å². The van der Waals surface area contributed by atoms with Crippen LogP contribution in [0.15, 0.2) is 41.0 Å². The van der Waals surface area contributed by atoms with Crippen molar-refractivity contribution in [3.05, 3.63) is 62.7 Å². The van der Waals surface area contributed by atoms with E-state index in [1.165, 1.54) is 0 Å². The van der Waals surface area contributed by atoms with Crippen LogP contribution in [0, 0.1) is 6.92 Å². The van der Waals surface area contributed by atoms with Gasteiger partial charge in [0.05, 0.1) is 17.7 Å². The number of hydrogen-bond acceptors (Lipinski definition) is 4. The van der Waals surface area contributed by atoms with Crippen LogP contribution in [0.5, 0.6) is 0 Å². The van der Waals surface area contributed by atoms with Crippen molar-refractivity contribution >= 4 is 23.5 Å². The maximum atomic E-state index is 11.2. The van der Waals surface area contributed by atoms with Gasteiger partial charge in [0.1, 0.15) is 0 Å². The number of aryl methyl sites for hydroxylation is 1. The molecule has 1 N–H and O–H groups in total. The lowest BCUT2D eigenvalue weighted by Crippen LogP contribution is -2.11. The fourth-order valence-electron chi connectivity index (χ4n) is 1.75. The smallest absolute Gasteiger partial charge is 0.267 e. The fourth-order valence-corrected chi connectivity index (χ4v) is 2.53. The van der Waals surface area contributed by atoms with Crippen LogP contribution < -0.4 is 5.56 Å². The Kier molecular flexibility index (Phi) is 3.30. The third kappa shape index (κ3) is 2.60. The van der Waals surface area contributed by atoms with Crippen molar-refractivity contribution in [1.29, 1.82) is 0 Å².